The van der Waals surface area contributed by atoms with Crippen LogP contribution in [0.3, 0.4) is 0 Å². The fourth-order valence-electron chi connectivity index (χ4n) is 2.79. The normalized spacial score (nSPS) is 11.9. The van der Waals surface area contributed by atoms with Crippen molar-refractivity contribution in [1.29, 1.82) is 0 Å². The standard InChI is InChI=1S/C20H41NO2/c1-6-8-9-10-11-12-13-14-15-17-21(16-7-2)18-19(22)23-20(3,4)5/h6-18H2,1-5H3. The van der Waals surface area contributed by atoms with Crippen LogP contribution in [0, 0.1) is 0 Å². The fourth-order valence-corrected chi connectivity index (χ4v) is 2.79. The number of nitrogens with zero attached hydrogens (tertiary/aromatic N) is 1. The zero-order chi connectivity index (χ0) is 17.6. The van der Waals surface area contributed by atoms with Crippen LogP contribution in [0.1, 0.15) is 98.8 Å². The van der Waals surface area contributed by atoms with E-state index in [1.54, 1.807) is 0 Å². The highest BCUT2D eigenvalue weighted by Crippen LogP contribution is 2.11. The molecule has 3 heteroatoms. The van der Waals surface area contributed by atoms with Crippen LogP contribution in [0.5, 0.6) is 0 Å². The van der Waals surface area contributed by atoms with Crippen molar-refractivity contribution in [3.05, 3.63) is 0 Å². The summed E-state index contributed by atoms with van der Waals surface area (Å²) in [4.78, 5) is 14.2. The lowest BCUT2D eigenvalue weighted by Crippen LogP contribution is -2.36. The van der Waals surface area contributed by atoms with Gasteiger partial charge in [0.15, 0.2) is 0 Å². The van der Waals surface area contributed by atoms with Gasteiger partial charge < -0.3 is 4.74 Å². The second-order valence-electron chi connectivity index (χ2n) is 7.69. The molecule has 0 aliphatic carbocycles. The van der Waals surface area contributed by atoms with Gasteiger partial charge in [-0.3, -0.25) is 9.69 Å². The molecule has 0 aromatic rings. The van der Waals surface area contributed by atoms with E-state index in [0.29, 0.717) is 6.54 Å². The molecular formula is C20H41NO2. The molecule has 0 aliphatic heterocycles. The number of esters is 1. The fraction of sp³-hybridized carbons (Fsp3) is 0.950. The summed E-state index contributed by atoms with van der Waals surface area (Å²) in [7, 11) is 0. The Bertz CT molecular complexity index is 284. The summed E-state index contributed by atoms with van der Waals surface area (Å²) >= 11 is 0. The summed E-state index contributed by atoms with van der Waals surface area (Å²) in [5.74, 6) is -0.0955. The van der Waals surface area contributed by atoms with Gasteiger partial charge in [0, 0.05) is 0 Å². The molecule has 0 bridgehead atoms. The predicted molar refractivity (Wildman–Crippen MR) is 99.8 cm³/mol. The molecule has 0 unspecified atom stereocenters. The topological polar surface area (TPSA) is 29.5 Å². The Hall–Kier alpha value is -0.570. The minimum Gasteiger partial charge on any atom is -0.459 e. The van der Waals surface area contributed by atoms with Gasteiger partial charge in [-0.15, -0.1) is 0 Å². The van der Waals surface area contributed by atoms with E-state index < -0.39 is 0 Å². The quantitative estimate of drug-likeness (QED) is 0.308. The number of carbonyl (C=O) groups is 1. The Morgan fingerprint density at radius 2 is 1.30 bits per heavy atom. The molecule has 0 amide bonds. The lowest BCUT2D eigenvalue weighted by atomic mass is 10.1. The van der Waals surface area contributed by atoms with E-state index in [1.807, 2.05) is 20.8 Å². The summed E-state index contributed by atoms with van der Waals surface area (Å²) in [6.07, 6.45) is 13.1. The van der Waals surface area contributed by atoms with Gasteiger partial charge in [-0.2, -0.15) is 0 Å². The Kier molecular flexibility index (Phi) is 13.5. The summed E-state index contributed by atoms with van der Waals surface area (Å²) in [6.45, 7) is 12.6. The lowest BCUT2D eigenvalue weighted by Gasteiger charge is -2.24. The average molecular weight is 328 g/mol. The van der Waals surface area contributed by atoms with E-state index in [2.05, 4.69) is 18.7 Å². The zero-order valence-electron chi connectivity index (χ0n) is 16.5. The van der Waals surface area contributed by atoms with Crippen LogP contribution in [0.2, 0.25) is 0 Å². The molecule has 23 heavy (non-hydrogen) atoms. The first-order chi connectivity index (χ1) is 10.9. The third-order valence-corrected chi connectivity index (χ3v) is 3.89. The highest BCUT2D eigenvalue weighted by atomic mass is 16.6. The van der Waals surface area contributed by atoms with Crippen LogP contribution in [0.25, 0.3) is 0 Å². The molecule has 3 nitrogen and oxygen atoms in total. The van der Waals surface area contributed by atoms with Crippen LogP contribution in [0.4, 0.5) is 0 Å². The van der Waals surface area contributed by atoms with E-state index in [1.165, 1.54) is 57.8 Å². The van der Waals surface area contributed by atoms with Crippen LogP contribution >= 0.6 is 0 Å². The highest BCUT2D eigenvalue weighted by Gasteiger charge is 2.18. The van der Waals surface area contributed by atoms with E-state index in [9.17, 15) is 4.79 Å². The highest BCUT2D eigenvalue weighted by molar-refractivity contribution is 5.72. The maximum absolute atomic E-state index is 11.9. The maximum Gasteiger partial charge on any atom is 0.320 e. The van der Waals surface area contributed by atoms with Crippen LogP contribution in [0.15, 0.2) is 0 Å². The van der Waals surface area contributed by atoms with Crippen molar-refractivity contribution in [2.24, 2.45) is 0 Å². The number of rotatable bonds is 14. The second kappa shape index (κ2) is 13.8. The van der Waals surface area contributed by atoms with E-state index >= 15 is 0 Å². The SMILES string of the molecule is CCCCCCCCCCCN(CCC)CC(=O)OC(C)(C)C. The first-order valence-corrected chi connectivity index (χ1v) is 9.83. The van der Waals surface area contributed by atoms with Gasteiger partial charge in [-0.05, 0) is 46.7 Å². The Balaban J connectivity index is 3.73. The molecule has 0 saturated heterocycles. The summed E-state index contributed by atoms with van der Waals surface area (Å²) in [5, 5.41) is 0. The molecule has 138 valence electrons. The van der Waals surface area contributed by atoms with Gasteiger partial charge in [0.1, 0.15) is 5.60 Å². The van der Waals surface area contributed by atoms with Crippen LogP contribution in [-0.2, 0) is 9.53 Å². The molecule has 0 spiro atoms. The van der Waals surface area contributed by atoms with Gasteiger partial charge in [0.25, 0.3) is 0 Å². The van der Waals surface area contributed by atoms with Crippen molar-refractivity contribution in [1.82, 2.24) is 4.90 Å². The average Bonchev–Trinajstić information content (AvgIpc) is 2.43. The number of hydrogen-bond donors (Lipinski definition) is 0. The van der Waals surface area contributed by atoms with Crippen molar-refractivity contribution in [2.45, 2.75) is 104 Å². The monoisotopic (exact) mass is 327 g/mol. The summed E-state index contributed by atoms with van der Waals surface area (Å²) < 4.78 is 5.43. The van der Waals surface area contributed by atoms with Crippen LogP contribution in [-0.4, -0.2) is 36.1 Å². The zero-order valence-corrected chi connectivity index (χ0v) is 16.5. The van der Waals surface area contributed by atoms with E-state index in [-0.39, 0.29) is 11.6 Å². The lowest BCUT2D eigenvalue weighted by molar-refractivity contribution is -0.156. The first-order valence-electron chi connectivity index (χ1n) is 9.83. The van der Waals surface area contributed by atoms with Crippen LogP contribution < -0.4 is 0 Å². The maximum atomic E-state index is 11.9. The molecule has 0 fully saturated rings. The number of hydrogen-bond acceptors (Lipinski definition) is 3. The summed E-state index contributed by atoms with van der Waals surface area (Å²) in [5.41, 5.74) is -0.382. The van der Waals surface area contributed by atoms with Gasteiger partial charge >= 0.3 is 5.97 Å². The van der Waals surface area contributed by atoms with Gasteiger partial charge in [0.2, 0.25) is 0 Å². The Morgan fingerprint density at radius 1 is 0.783 bits per heavy atom. The molecule has 0 rings (SSSR count). The number of unbranched alkanes of at least 4 members (excludes halogenated alkanes) is 8. The van der Waals surface area contributed by atoms with E-state index in [4.69, 9.17) is 4.74 Å². The molecule has 0 radical (unpaired) electrons. The molecule has 0 atom stereocenters. The third-order valence-electron chi connectivity index (χ3n) is 3.89. The van der Waals surface area contributed by atoms with Gasteiger partial charge in [-0.1, -0.05) is 65.2 Å². The Labute approximate surface area is 145 Å². The van der Waals surface area contributed by atoms with Crippen molar-refractivity contribution >= 4 is 5.97 Å². The van der Waals surface area contributed by atoms with Crippen molar-refractivity contribution in [3.63, 3.8) is 0 Å². The smallest absolute Gasteiger partial charge is 0.320 e. The van der Waals surface area contributed by atoms with Crippen molar-refractivity contribution in [2.75, 3.05) is 19.6 Å². The number of carbonyl (C=O) groups excluding carboxylic acids is 1. The van der Waals surface area contributed by atoms with Gasteiger partial charge in [-0.25, -0.2) is 0 Å². The van der Waals surface area contributed by atoms with E-state index in [0.717, 1.165) is 19.5 Å². The van der Waals surface area contributed by atoms with Gasteiger partial charge in [0.05, 0.1) is 6.54 Å². The molecule has 0 saturated carbocycles. The molecular weight excluding hydrogens is 286 g/mol. The largest absolute Gasteiger partial charge is 0.459 e. The van der Waals surface area contributed by atoms with Crippen molar-refractivity contribution in [3.8, 4) is 0 Å². The molecule has 0 aromatic heterocycles. The van der Waals surface area contributed by atoms with Crippen molar-refractivity contribution < 1.29 is 9.53 Å². The number of ether oxygens (including phenoxy) is 1. The molecule has 0 aliphatic rings. The minimum atomic E-state index is -0.382. The summed E-state index contributed by atoms with van der Waals surface area (Å²) in [6, 6.07) is 0. The second-order valence-corrected chi connectivity index (χ2v) is 7.69. The third kappa shape index (κ3) is 16.1. The Morgan fingerprint density at radius 3 is 1.78 bits per heavy atom. The first kappa shape index (κ1) is 22.4. The predicted octanol–water partition coefficient (Wildman–Crippen LogP) is 5.57. The minimum absolute atomic E-state index is 0.0955. The molecule has 0 aromatic carbocycles. The molecule has 0 heterocycles. The molecule has 0 N–H and O–H groups in total.